The van der Waals surface area contributed by atoms with Crippen LogP contribution in [0.25, 0.3) is 0 Å². The van der Waals surface area contributed by atoms with E-state index in [-0.39, 0.29) is 6.03 Å². The van der Waals surface area contributed by atoms with Gasteiger partial charge in [0.05, 0.1) is 0 Å². The van der Waals surface area contributed by atoms with Crippen LogP contribution in [0.1, 0.15) is 6.92 Å². The first-order valence-electron chi connectivity index (χ1n) is 2.91. The summed E-state index contributed by atoms with van der Waals surface area (Å²) >= 11 is 0. The molecule has 0 aliphatic carbocycles. The largest absolute Gasteiger partial charge is 0.321 e. The lowest BCUT2D eigenvalue weighted by Crippen LogP contribution is -2.25. The standard InChI is InChI=1S/C6H10N2O/c1-5(2)7-6(9)8-3-4-8/h1,3-4H2,2H3,(H,7,9). The van der Waals surface area contributed by atoms with Gasteiger partial charge in [-0.2, -0.15) is 0 Å². The molecule has 0 saturated carbocycles. The molecule has 3 heteroatoms. The van der Waals surface area contributed by atoms with Crippen molar-refractivity contribution in [1.82, 2.24) is 10.2 Å². The summed E-state index contributed by atoms with van der Waals surface area (Å²) in [6.45, 7) is 7.09. The molecule has 0 aromatic heterocycles. The number of nitrogens with zero attached hydrogens (tertiary/aromatic N) is 1. The van der Waals surface area contributed by atoms with Crippen LogP contribution < -0.4 is 5.32 Å². The minimum atomic E-state index is -0.0255. The maximum atomic E-state index is 10.8. The molecule has 9 heavy (non-hydrogen) atoms. The van der Waals surface area contributed by atoms with Gasteiger partial charge in [0.1, 0.15) is 0 Å². The number of nitrogens with one attached hydrogen (secondary N) is 1. The van der Waals surface area contributed by atoms with E-state index >= 15 is 0 Å². The highest BCUT2D eigenvalue weighted by Crippen LogP contribution is 2.02. The molecule has 1 rings (SSSR count). The van der Waals surface area contributed by atoms with E-state index in [0.717, 1.165) is 13.1 Å². The molecule has 3 nitrogen and oxygen atoms in total. The van der Waals surface area contributed by atoms with E-state index in [9.17, 15) is 4.79 Å². The van der Waals surface area contributed by atoms with Crippen LogP contribution >= 0.6 is 0 Å². The van der Waals surface area contributed by atoms with Crippen LogP contribution in [0.3, 0.4) is 0 Å². The van der Waals surface area contributed by atoms with E-state index < -0.39 is 0 Å². The minimum absolute atomic E-state index is 0.0255. The summed E-state index contributed by atoms with van der Waals surface area (Å²) in [5.74, 6) is 0. The third kappa shape index (κ3) is 1.76. The maximum absolute atomic E-state index is 10.8. The van der Waals surface area contributed by atoms with Crippen LogP contribution in [0.5, 0.6) is 0 Å². The Hall–Kier alpha value is -0.990. The van der Waals surface area contributed by atoms with Gasteiger partial charge in [0, 0.05) is 18.8 Å². The fourth-order valence-electron chi connectivity index (χ4n) is 0.515. The lowest BCUT2D eigenvalue weighted by atomic mass is 10.6. The summed E-state index contributed by atoms with van der Waals surface area (Å²) in [4.78, 5) is 12.5. The predicted octanol–water partition coefficient (Wildman–Crippen LogP) is 0.545. The van der Waals surface area contributed by atoms with Gasteiger partial charge < -0.3 is 10.2 Å². The Morgan fingerprint density at radius 1 is 1.67 bits per heavy atom. The lowest BCUT2D eigenvalue weighted by Gasteiger charge is -2.02. The first kappa shape index (κ1) is 6.13. The highest BCUT2D eigenvalue weighted by atomic mass is 16.2. The Labute approximate surface area is 54.3 Å². The molecular weight excluding hydrogens is 116 g/mol. The van der Waals surface area contributed by atoms with Crippen LogP contribution in [0.2, 0.25) is 0 Å². The summed E-state index contributed by atoms with van der Waals surface area (Å²) in [6, 6.07) is -0.0255. The van der Waals surface area contributed by atoms with Gasteiger partial charge in [-0.25, -0.2) is 4.79 Å². The van der Waals surface area contributed by atoms with Gasteiger partial charge in [0.25, 0.3) is 0 Å². The molecule has 0 atom stereocenters. The van der Waals surface area contributed by atoms with Crippen LogP contribution in [0, 0.1) is 0 Å². The van der Waals surface area contributed by atoms with Gasteiger partial charge in [-0.05, 0) is 6.92 Å². The molecule has 1 aliphatic heterocycles. The first-order valence-corrected chi connectivity index (χ1v) is 2.91. The number of carbonyl (C=O) groups is 1. The molecule has 0 aromatic carbocycles. The Balaban J connectivity index is 2.26. The van der Waals surface area contributed by atoms with Crippen molar-refractivity contribution in [2.24, 2.45) is 0 Å². The fraction of sp³-hybridized carbons (Fsp3) is 0.500. The third-order valence-electron chi connectivity index (χ3n) is 1.05. The third-order valence-corrected chi connectivity index (χ3v) is 1.05. The second-order valence-corrected chi connectivity index (χ2v) is 2.20. The van der Waals surface area contributed by atoms with Crippen molar-refractivity contribution in [2.45, 2.75) is 6.92 Å². The number of amides is 2. The van der Waals surface area contributed by atoms with Crippen molar-refractivity contribution in [2.75, 3.05) is 13.1 Å². The van der Waals surface area contributed by atoms with Gasteiger partial charge in [-0.3, -0.25) is 0 Å². The Kier molecular flexibility index (Phi) is 1.42. The first-order chi connectivity index (χ1) is 4.20. The van der Waals surface area contributed by atoms with Gasteiger partial charge in [-0.1, -0.05) is 6.58 Å². The number of hydrogen-bond donors (Lipinski definition) is 1. The molecule has 1 saturated heterocycles. The Morgan fingerprint density at radius 3 is 2.56 bits per heavy atom. The lowest BCUT2D eigenvalue weighted by molar-refractivity contribution is 0.232. The van der Waals surface area contributed by atoms with E-state index in [1.54, 1.807) is 11.8 Å². The molecule has 0 bridgehead atoms. The number of carbonyl (C=O) groups excluding carboxylic acids is 1. The highest BCUT2D eigenvalue weighted by Gasteiger charge is 2.23. The maximum Gasteiger partial charge on any atom is 0.321 e. The zero-order valence-corrected chi connectivity index (χ0v) is 5.48. The zero-order valence-electron chi connectivity index (χ0n) is 5.48. The Bertz CT molecular complexity index is 149. The van der Waals surface area contributed by atoms with Crippen molar-refractivity contribution in [3.63, 3.8) is 0 Å². The Morgan fingerprint density at radius 2 is 2.22 bits per heavy atom. The highest BCUT2D eigenvalue weighted by molar-refractivity contribution is 5.77. The molecule has 0 spiro atoms. The van der Waals surface area contributed by atoms with Gasteiger partial charge in [0.2, 0.25) is 0 Å². The molecule has 0 radical (unpaired) electrons. The molecule has 2 amide bonds. The van der Waals surface area contributed by atoms with Gasteiger partial charge >= 0.3 is 6.03 Å². The quantitative estimate of drug-likeness (QED) is 0.511. The average molecular weight is 126 g/mol. The summed E-state index contributed by atoms with van der Waals surface area (Å²) in [5, 5.41) is 2.60. The van der Waals surface area contributed by atoms with E-state index in [4.69, 9.17) is 0 Å². The predicted molar refractivity (Wildman–Crippen MR) is 34.9 cm³/mol. The average Bonchev–Trinajstić information content (AvgIpc) is 2.40. The molecule has 1 fully saturated rings. The van der Waals surface area contributed by atoms with Crippen molar-refractivity contribution in [1.29, 1.82) is 0 Å². The van der Waals surface area contributed by atoms with E-state index in [2.05, 4.69) is 11.9 Å². The summed E-state index contributed by atoms with van der Waals surface area (Å²) in [5.41, 5.74) is 0.701. The van der Waals surface area contributed by atoms with E-state index in [1.807, 2.05) is 0 Å². The summed E-state index contributed by atoms with van der Waals surface area (Å²) < 4.78 is 0. The molecular formula is C6H10N2O. The van der Waals surface area contributed by atoms with Crippen LogP contribution in [-0.4, -0.2) is 24.0 Å². The number of rotatable bonds is 1. The van der Waals surface area contributed by atoms with Crippen molar-refractivity contribution >= 4 is 6.03 Å². The van der Waals surface area contributed by atoms with Crippen molar-refractivity contribution < 1.29 is 4.79 Å². The summed E-state index contributed by atoms with van der Waals surface area (Å²) in [6.07, 6.45) is 0. The molecule has 50 valence electrons. The normalized spacial score (nSPS) is 15.0. The summed E-state index contributed by atoms with van der Waals surface area (Å²) in [7, 11) is 0. The van der Waals surface area contributed by atoms with Gasteiger partial charge in [-0.15, -0.1) is 0 Å². The zero-order chi connectivity index (χ0) is 6.85. The molecule has 1 N–H and O–H groups in total. The van der Waals surface area contributed by atoms with E-state index in [0.29, 0.717) is 5.70 Å². The topological polar surface area (TPSA) is 32.1 Å². The van der Waals surface area contributed by atoms with Crippen molar-refractivity contribution in [3.05, 3.63) is 12.3 Å². The van der Waals surface area contributed by atoms with Crippen LogP contribution in [0.4, 0.5) is 4.79 Å². The smallest absolute Gasteiger partial charge is 0.321 e. The monoisotopic (exact) mass is 126 g/mol. The fourth-order valence-corrected chi connectivity index (χ4v) is 0.515. The van der Waals surface area contributed by atoms with Crippen LogP contribution in [0.15, 0.2) is 12.3 Å². The van der Waals surface area contributed by atoms with E-state index in [1.165, 1.54) is 0 Å². The van der Waals surface area contributed by atoms with Crippen LogP contribution in [-0.2, 0) is 0 Å². The molecule has 0 unspecified atom stereocenters. The molecule has 1 aliphatic rings. The number of hydrogen-bond acceptors (Lipinski definition) is 1. The second-order valence-electron chi connectivity index (χ2n) is 2.20. The molecule has 0 aromatic rings. The SMILES string of the molecule is C=C(C)NC(=O)N1CC1. The van der Waals surface area contributed by atoms with Gasteiger partial charge in [0.15, 0.2) is 0 Å². The second kappa shape index (κ2) is 2.09. The van der Waals surface area contributed by atoms with Crippen molar-refractivity contribution in [3.8, 4) is 0 Å². The number of urea groups is 1. The number of allylic oxidation sites excluding steroid dienone is 1. The molecule has 1 heterocycles. The minimum Gasteiger partial charge on any atom is -0.321 e.